The number of urea groups is 1. The van der Waals surface area contributed by atoms with E-state index in [4.69, 9.17) is 4.52 Å². The van der Waals surface area contributed by atoms with Crippen LogP contribution in [-0.4, -0.2) is 35.7 Å². The number of rotatable bonds is 6. The maximum Gasteiger partial charge on any atom is 0.319 e. The Morgan fingerprint density at radius 1 is 1.12 bits per heavy atom. The molecule has 2 amide bonds. The van der Waals surface area contributed by atoms with Gasteiger partial charge in [0, 0.05) is 18.3 Å². The summed E-state index contributed by atoms with van der Waals surface area (Å²) < 4.78 is 4.72. The largest absolute Gasteiger partial charge is 0.364 e. The van der Waals surface area contributed by atoms with Crippen molar-refractivity contribution in [3.8, 4) is 0 Å². The topological polar surface area (TPSA) is 70.4 Å². The number of aromatic nitrogens is 1. The Bertz CT molecular complexity index is 619. The number of carbonyl (C=O) groups excluding carboxylic acids is 1. The second-order valence-corrected chi connectivity index (χ2v) is 6.15. The van der Waals surface area contributed by atoms with E-state index in [9.17, 15) is 4.79 Å². The zero-order valence-corrected chi connectivity index (χ0v) is 13.8. The Balaban J connectivity index is 1.41. The van der Waals surface area contributed by atoms with Crippen molar-refractivity contribution in [3.63, 3.8) is 0 Å². The van der Waals surface area contributed by atoms with Gasteiger partial charge in [0.1, 0.15) is 12.0 Å². The summed E-state index contributed by atoms with van der Waals surface area (Å²) in [6.07, 6.45) is 6.56. The molecule has 2 heterocycles. The third kappa shape index (κ3) is 5.09. The first kappa shape index (κ1) is 16.5. The van der Waals surface area contributed by atoms with Crippen molar-refractivity contribution in [2.75, 3.05) is 25.0 Å². The van der Waals surface area contributed by atoms with Crippen LogP contribution in [0.2, 0.25) is 0 Å². The molecule has 0 unspecified atom stereocenters. The molecule has 0 bridgehead atoms. The van der Waals surface area contributed by atoms with Crippen LogP contribution in [0.25, 0.3) is 0 Å². The van der Waals surface area contributed by atoms with Crippen LogP contribution in [0.3, 0.4) is 0 Å². The van der Waals surface area contributed by atoms with E-state index in [1.54, 1.807) is 6.07 Å². The van der Waals surface area contributed by atoms with E-state index in [1.165, 1.54) is 44.2 Å². The summed E-state index contributed by atoms with van der Waals surface area (Å²) in [5, 5.41) is 9.30. The second kappa shape index (κ2) is 8.49. The van der Waals surface area contributed by atoms with Gasteiger partial charge in [-0.2, -0.15) is 0 Å². The number of hydrogen-bond donors (Lipinski definition) is 2. The van der Waals surface area contributed by atoms with Crippen molar-refractivity contribution in [2.24, 2.45) is 0 Å². The Morgan fingerprint density at radius 3 is 2.62 bits per heavy atom. The molecule has 2 aromatic rings. The molecule has 1 aliphatic heterocycles. The highest BCUT2D eigenvalue weighted by molar-refractivity contribution is 5.89. The van der Waals surface area contributed by atoms with Gasteiger partial charge in [0.15, 0.2) is 0 Å². The summed E-state index contributed by atoms with van der Waals surface area (Å²) in [7, 11) is 0. The predicted molar refractivity (Wildman–Crippen MR) is 92.8 cm³/mol. The molecule has 2 N–H and O–H groups in total. The summed E-state index contributed by atoms with van der Waals surface area (Å²) in [5.74, 6) is 0. The number of likely N-dealkylation sites (tertiary alicyclic amines) is 1. The van der Waals surface area contributed by atoms with Gasteiger partial charge in [-0.1, -0.05) is 23.7 Å². The number of hydrogen-bond acceptors (Lipinski definition) is 4. The lowest BCUT2D eigenvalue weighted by atomic mass is 10.1. The first-order valence-electron chi connectivity index (χ1n) is 8.55. The highest BCUT2D eigenvalue weighted by Crippen LogP contribution is 2.13. The van der Waals surface area contributed by atoms with E-state index in [1.807, 2.05) is 12.1 Å². The van der Waals surface area contributed by atoms with Gasteiger partial charge in [-0.05, 0) is 50.0 Å². The zero-order chi connectivity index (χ0) is 16.6. The minimum Gasteiger partial charge on any atom is -0.364 e. The molecule has 0 spiro atoms. The van der Waals surface area contributed by atoms with Gasteiger partial charge >= 0.3 is 6.03 Å². The Labute approximate surface area is 142 Å². The number of amides is 2. The number of nitrogens with zero attached hydrogens (tertiary/aromatic N) is 2. The third-order valence-corrected chi connectivity index (χ3v) is 4.30. The average molecular weight is 328 g/mol. The van der Waals surface area contributed by atoms with Crippen LogP contribution in [0.5, 0.6) is 0 Å². The molecule has 1 aromatic heterocycles. The van der Waals surface area contributed by atoms with Gasteiger partial charge in [-0.25, -0.2) is 4.79 Å². The summed E-state index contributed by atoms with van der Waals surface area (Å²) in [6.45, 7) is 3.91. The third-order valence-electron chi connectivity index (χ3n) is 4.30. The monoisotopic (exact) mass is 328 g/mol. The Kier molecular flexibility index (Phi) is 5.85. The maximum absolute atomic E-state index is 11.8. The number of benzene rings is 1. The predicted octanol–water partition coefficient (Wildman–Crippen LogP) is 3.02. The fourth-order valence-corrected chi connectivity index (χ4v) is 2.90. The second-order valence-electron chi connectivity index (χ2n) is 6.15. The smallest absolute Gasteiger partial charge is 0.319 e. The first-order chi connectivity index (χ1) is 11.8. The van der Waals surface area contributed by atoms with Crippen molar-refractivity contribution in [1.82, 2.24) is 15.4 Å². The molecule has 1 fully saturated rings. The van der Waals surface area contributed by atoms with Gasteiger partial charge in [-0.15, -0.1) is 0 Å². The molecule has 24 heavy (non-hydrogen) atoms. The molecule has 0 aliphatic carbocycles. The molecule has 1 aromatic carbocycles. The molecule has 0 atom stereocenters. The molecule has 6 nitrogen and oxygen atoms in total. The van der Waals surface area contributed by atoms with Gasteiger partial charge in [0.2, 0.25) is 0 Å². The summed E-state index contributed by atoms with van der Waals surface area (Å²) in [6, 6.07) is 9.52. The summed E-state index contributed by atoms with van der Waals surface area (Å²) in [4.78, 5) is 14.4. The lowest BCUT2D eigenvalue weighted by Gasteiger charge is -2.26. The van der Waals surface area contributed by atoms with Crippen molar-refractivity contribution in [3.05, 3.63) is 47.9 Å². The Hall–Kier alpha value is -2.34. The fraction of sp³-hybridized carbons (Fsp3) is 0.444. The van der Waals surface area contributed by atoms with Crippen LogP contribution in [-0.2, 0) is 13.0 Å². The van der Waals surface area contributed by atoms with Crippen LogP contribution < -0.4 is 10.6 Å². The van der Waals surface area contributed by atoms with Gasteiger partial charge in [0.05, 0.1) is 6.54 Å². The molecule has 1 saturated heterocycles. The summed E-state index contributed by atoms with van der Waals surface area (Å²) >= 11 is 0. The van der Waals surface area contributed by atoms with E-state index in [0.717, 1.165) is 18.7 Å². The van der Waals surface area contributed by atoms with Crippen LogP contribution in [0.1, 0.15) is 30.5 Å². The summed E-state index contributed by atoms with van der Waals surface area (Å²) in [5.41, 5.74) is 2.78. The Morgan fingerprint density at radius 2 is 1.92 bits per heavy atom. The van der Waals surface area contributed by atoms with E-state index in [-0.39, 0.29) is 6.03 Å². The lowest BCUT2D eigenvalue weighted by molar-refractivity contribution is 0.231. The molecule has 0 radical (unpaired) electrons. The van der Waals surface area contributed by atoms with Crippen molar-refractivity contribution in [2.45, 2.75) is 32.2 Å². The van der Waals surface area contributed by atoms with Crippen LogP contribution in [0.4, 0.5) is 10.5 Å². The molecular weight excluding hydrogens is 304 g/mol. The van der Waals surface area contributed by atoms with Gasteiger partial charge in [-0.3, -0.25) is 0 Å². The number of nitrogens with one attached hydrogen (secondary N) is 2. The normalized spacial score (nSPS) is 15.2. The molecular formula is C18H24N4O2. The van der Waals surface area contributed by atoms with Gasteiger partial charge in [0.25, 0.3) is 0 Å². The highest BCUT2D eigenvalue weighted by Gasteiger charge is 2.09. The van der Waals surface area contributed by atoms with Crippen LogP contribution in [0, 0.1) is 0 Å². The van der Waals surface area contributed by atoms with Crippen molar-refractivity contribution in [1.29, 1.82) is 0 Å². The maximum atomic E-state index is 11.8. The first-order valence-corrected chi connectivity index (χ1v) is 8.55. The molecule has 128 valence electrons. The molecule has 3 rings (SSSR count). The molecule has 1 aliphatic rings. The SMILES string of the molecule is O=C(NCc1ccon1)Nc1ccc(CCN2CCCCC2)cc1. The quantitative estimate of drug-likeness (QED) is 0.855. The number of piperidine rings is 1. The van der Waals surface area contributed by atoms with E-state index in [0.29, 0.717) is 12.2 Å². The van der Waals surface area contributed by atoms with Crippen molar-refractivity contribution < 1.29 is 9.32 Å². The van der Waals surface area contributed by atoms with Crippen molar-refractivity contribution >= 4 is 11.7 Å². The van der Waals surface area contributed by atoms with E-state index in [2.05, 4.69) is 32.8 Å². The zero-order valence-electron chi connectivity index (χ0n) is 13.8. The standard InChI is InChI=1S/C18H24N4O2/c23-18(19-14-17-9-13-24-21-17)20-16-6-4-15(5-7-16)8-12-22-10-2-1-3-11-22/h4-7,9,13H,1-3,8,10-12,14H2,(H2,19,20,23). The fourth-order valence-electron chi connectivity index (χ4n) is 2.90. The molecule has 6 heteroatoms. The van der Waals surface area contributed by atoms with Gasteiger partial charge < -0.3 is 20.1 Å². The number of anilines is 1. The highest BCUT2D eigenvalue weighted by atomic mass is 16.5. The lowest BCUT2D eigenvalue weighted by Crippen LogP contribution is -2.31. The molecule has 0 saturated carbocycles. The number of carbonyl (C=O) groups is 1. The van der Waals surface area contributed by atoms with E-state index >= 15 is 0 Å². The minimum absolute atomic E-state index is 0.251. The van der Waals surface area contributed by atoms with Crippen LogP contribution >= 0.6 is 0 Å². The average Bonchev–Trinajstić information content (AvgIpc) is 3.14. The minimum atomic E-state index is -0.251. The van der Waals surface area contributed by atoms with E-state index < -0.39 is 0 Å². The van der Waals surface area contributed by atoms with Crippen LogP contribution in [0.15, 0.2) is 41.1 Å².